The van der Waals surface area contributed by atoms with Gasteiger partial charge in [0.2, 0.25) is 0 Å². The van der Waals surface area contributed by atoms with Gasteiger partial charge in [0.25, 0.3) is 12.3 Å². The van der Waals surface area contributed by atoms with E-state index in [1.165, 1.54) is 0 Å². The van der Waals surface area contributed by atoms with E-state index in [1.807, 2.05) is 0 Å². The number of hydrogen-bond donors (Lipinski definition) is 1. The third kappa shape index (κ3) is 5.22. The lowest BCUT2D eigenvalue weighted by molar-refractivity contribution is -0.135. The van der Waals surface area contributed by atoms with Gasteiger partial charge in [-0.2, -0.15) is 9.97 Å². The fourth-order valence-electron chi connectivity index (χ4n) is 2.87. The normalized spacial score (nSPS) is 16.2. The molecule has 1 aromatic heterocycles. The highest BCUT2D eigenvalue weighted by Gasteiger charge is 2.26. The van der Waals surface area contributed by atoms with E-state index in [0.29, 0.717) is 43.0 Å². The number of likely N-dealkylation sites (tertiary alicyclic amines) is 1. The van der Waals surface area contributed by atoms with E-state index < -0.39 is 6.43 Å². The van der Waals surface area contributed by atoms with E-state index in [9.17, 15) is 13.6 Å². The molecule has 1 aromatic rings. The third-order valence-electron chi connectivity index (χ3n) is 4.53. The molecule has 0 spiro atoms. The number of piperidine rings is 1. The number of nitrogens with two attached hydrogens (primary N) is 1. The average molecular weight is 357 g/mol. The second-order valence-corrected chi connectivity index (χ2v) is 6.31. The van der Waals surface area contributed by atoms with Gasteiger partial charge in [-0.25, -0.2) is 8.78 Å². The van der Waals surface area contributed by atoms with Gasteiger partial charge in [0.15, 0.2) is 6.61 Å². The summed E-state index contributed by atoms with van der Waals surface area (Å²) in [6.07, 6.45) is -0.979. The van der Waals surface area contributed by atoms with Gasteiger partial charge < -0.3 is 15.4 Å². The van der Waals surface area contributed by atoms with Gasteiger partial charge in [0.1, 0.15) is 0 Å². The Morgan fingerprint density at radius 2 is 1.88 bits per heavy atom. The van der Waals surface area contributed by atoms with Crippen molar-refractivity contribution in [2.45, 2.75) is 39.2 Å². The summed E-state index contributed by atoms with van der Waals surface area (Å²) in [6.45, 7) is 4.24. The molecule has 1 saturated heterocycles. The minimum absolute atomic E-state index is 0.0285. The molecule has 0 saturated carbocycles. The molecule has 2 heterocycles. The molecule has 0 aliphatic carbocycles. The minimum Gasteiger partial charge on any atom is -0.453 e. The standard InChI is InChI=1S/C16H25F2N5O2/c1-10-15(19)11(2)21-16(20-10)25-9-14(24)22(3)12-4-6-23(7-5-12)8-13(17)18/h12-13H,4-9,19H2,1-3H3. The number of amides is 1. The van der Waals surface area contributed by atoms with Crippen molar-refractivity contribution < 1.29 is 18.3 Å². The van der Waals surface area contributed by atoms with E-state index in [0.717, 1.165) is 0 Å². The molecule has 7 nitrogen and oxygen atoms in total. The molecule has 0 aromatic carbocycles. The smallest absolute Gasteiger partial charge is 0.317 e. The van der Waals surface area contributed by atoms with Crippen molar-refractivity contribution in [1.82, 2.24) is 19.8 Å². The predicted octanol–water partition coefficient (Wildman–Crippen LogP) is 1.24. The Bertz CT molecular complexity index is 583. The van der Waals surface area contributed by atoms with Crippen molar-refractivity contribution >= 4 is 11.6 Å². The van der Waals surface area contributed by atoms with Gasteiger partial charge in [-0.05, 0) is 26.7 Å². The molecule has 2 N–H and O–H groups in total. The van der Waals surface area contributed by atoms with E-state index in [4.69, 9.17) is 10.5 Å². The summed E-state index contributed by atoms with van der Waals surface area (Å²) in [5.41, 5.74) is 7.51. The molecule has 0 unspecified atom stereocenters. The predicted molar refractivity (Wildman–Crippen MR) is 89.6 cm³/mol. The molecule has 1 aliphatic heterocycles. The molecule has 1 fully saturated rings. The Morgan fingerprint density at radius 3 is 2.40 bits per heavy atom. The van der Waals surface area contributed by atoms with E-state index in [1.54, 1.807) is 30.7 Å². The highest BCUT2D eigenvalue weighted by molar-refractivity contribution is 5.77. The van der Waals surface area contributed by atoms with Crippen molar-refractivity contribution in [3.05, 3.63) is 11.4 Å². The molecule has 140 valence electrons. The van der Waals surface area contributed by atoms with Gasteiger partial charge in [-0.15, -0.1) is 0 Å². The van der Waals surface area contributed by atoms with E-state index >= 15 is 0 Å². The van der Waals surface area contributed by atoms with Crippen LogP contribution in [0.25, 0.3) is 0 Å². The molecule has 0 bridgehead atoms. The fourth-order valence-corrected chi connectivity index (χ4v) is 2.87. The maximum Gasteiger partial charge on any atom is 0.317 e. The third-order valence-corrected chi connectivity index (χ3v) is 4.53. The molecule has 1 aliphatic rings. The minimum atomic E-state index is -2.32. The monoisotopic (exact) mass is 357 g/mol. The van der Waals surface area contributed by atoms with Crippen molar-refractivity contribution in [2.75, 3.05) is 39.0 Å². The van der Waals surface area contributed by atoms with Gasteiger partial charge in [-0.1, -0.05) is 0 Å². The van der Waals surface area contributed by atoms with Crippen LogP contribution < -0.4 is 10.5 Å². The SMILES string of the molecule is Cc1nc(OCC(=O)N(C)C2CCN(CC(F)F)CC2)nc(C)c1N. The topological polar surface area (TPSA) is 84.6 Å². The van der Waals surface area contributed by atoms with Crippen LogP contribution in [0, 0.1) is 13.8 Å². The lowest BCUT2D eigenvalue weighted by Crippen LogP contribution is -2.47. The zero-order chi connectivity index (χ0) is 18.6. The maximum absolute atomic E-state index is 12.4. The lowest BCUT2D eigenvalue weighted by atomic mass is 10.0. The number of nitrogen functional groups attached to an aromatic ring is 1. The maximum atomic E-state index is 12.4. The van der Waals surface area contributed by atoms with Crippen molar-refractivity contribution in [1.29, 1.82) is 0 Å². The lowest BCUT2D eigenvalue weighted by Gasteiger charge is -2.36. The first-order valence-electron chi connectivity index (χ1n) is 8.27. The Balaban J connectivity index is 1.83. The Labute approximate surface area is 146 Å². The molecular formula is C16H25F2N5O2. The van der Waals surface area contributed by atoms with Crippen LogP contribution in [-0.2, 0) is 4.79 Å². The largest absolute Gasteiger partial charge is 0.453 e. The number of halogens is 2. The van der Waals surface area contributed by atoms with Crippen LogP contribution in [0.15, 0.2) is 0 Å². The number of rotatable bonds is 6. The highest BCUT2D eigenvalue weighted by Crippen LogP contribution is 2.18. The first kappa shape index (κ1) is 19.3. The second-order valence-electron chi connectivity index (χ2n) is 6.31. The molecular weight excluding hydrogens is 332 g/mol. The Hall–Kier alpha value is -2.03. The Kier molecular flexibility index (Phi) is 6.46. The van der Waals surface area contributed by atoms with Crippen LogP contribution in [0.3, 0.4) is 0 Å². The summed E-state index contributed by atoms with van der Waals surface area (Å²) in [4.78, 5) is 23.9. The van der Waals surface area contributed by atoms with Gasteiger partial charge in [0, 0.05) is 26.2 Å². The number of anilines is 1. The van der Waals surface area contributed by atoms with Crippen molar-refractivity contribution in [2.24, 2.45) is 0 Å². The van der Waals surface area contributed by atoms with Gasteiger partial charge in [0.05, 0.1) is 23.6 Å². The molecule has 1 amide bonds. The number of carbonyl (C=O) groups excluding carboxylic acids is 1. The first-order chi connectivity index (χ1) is 11.8. The molecule has 0 radical (unpaired) electrons. The summed E-state index contributed by atoms with van der Waals surface area (Å²) in [7, 11) is 1.71. The zero-order valence-corrected chi connectivity index (χ0v) is 14.8. The summed E-state index contributed by atoms with van der Waals surface area (Å²) in [6, 6.07) is 0.151. The number of alkyl halides is 2. The molecule has 0 atom stereocenters. The first-order valence-corrected chi connectivity index (χ1v) is 8.27. The number of nitrogens with zero attached hydrogens (tertiary/aromatic N) is 4. The number of aryl methyl sites for hydroxylation is 2. The van der Waals surface area contributed by atoms with Gasteiger partial charge >= 0.3 is 6.01 Å². The quantitative estimate of drug-likeness (QED) is 0.825. The number of hydrogen-bond acceptors (Lipinski definition) is 6. The second kappa shape index (κ2) is 8.37. The van der Waals surface area contributed by atoms with Crippen LogP contribution in [0.2, 0.25) is 0 Å². The van der Waals surface area contributed by atoms with E-state index in [2.05, 4.69) is 9.97 Å². The number of ether oxygens (including phenoxy) is 1. The van der Waals surface area contributed by atoms with Crippen LogP contribution in [0.1, 0.15) is 24.2 Å². The highest BCUT2D eigenvalue weighted by atomic mass is 19.3. The summed E-state index contributed by atoms with van der Waals surface area (Å²) in [5, 5.41) is 0. The zero-order valence-electron chi connectivity index (χ0n) is 14.8. The number of carbonyl (C=O) groups is 1. The van der Waals surface area contributed by atoms with E-state index in [-0.39, 0.29) is 31.1 Å². The molecule has 2 rings (SSSR count). The number of aromatic nitrogens is 2. The summed E-state index contributed by atoms with van der Waals surface area (Å²) < 4.78 is 30.2. The van der Waals surface area contributed by atoms with Crippen LogP contribution >= 0.6 is 0 Å². The van der Waals surface area contributed by atoms with Crippen LogP contribution in [0.4, 0.5) is 14.5 Å². The summed E-state index contributed by atoms with van der Waals surface area (Å²) >= 11 is 0. The summed E-state index contributed by atoms with van der Waals surface area (Å²) in [5.74, 6) is -0.192. The van der Waals surface area contributed by atoms with Crippen molar-refractivity contribution in [3.8, 4) is 6.01 Å². The van der Waals surface area contributed by atoms with Crippen molar-refractivity contribution in [3.63, 3.8) is 0 Å². The van der Waals surface area contributed by atoms with Gasteiger partial charge in [-0.3, -0.25) is 9.69 Å². The average Bonchev–Trinajstić information content (AvgIpc) is 2.57. The van der Waals surface area contributed by atoms with Crippen LogP contribution in [0.5, 0.6) is 6.01 Å². The number of likely N-dealkylation sites (N-methyl/N-ethyl adjacent to an activating group) is 1. The molecule has 25 heavy (non-hydrogen) atoms. The van der Waals surface area contributed by atoms with Crippen LogP contribution in [-0.4, -0.2) is 71.4 Å². The fraction of sp³-hybridized carbons (Fsp3) is 0.688. The molecule has 9 heteroatoms. The Morgan fingerprint density at radius 1 is 1.32 bits per heavy atom.